The number of hydrogen-bond donors (Lipinski definition) is 1. The van der Waals surface area contributed by atoms with Crippen molar-refractivity contribution in [2.45, 2.75) is 32.2 Å². The van der Waals surface area contributed by atoms with Crippen LogP contribution in [0.15, 0.2) is 77.9 Å². The van der Waals surface area contributed by atoms with E-state index in [9.17, 15) is 14.0 Å². The van der Waals surface area contributed by atoms with Crippen LogP contribution in [-0.2, 0) is 9.59 Å². The van der Waals surface area contributed by atoms with Gasteiger partial charge in [0.15, 0.2) is 0 Å². The highest BCUT2D eigenvalue weighted by atomic mass is 35.5. The van der Waals surface area contributed by atoms with Crippen LogP contribution in [0.4, 0.5) is 4.39 Å². The van der Waals surface area contributed by atoms with Gasteiger partial charge in [-0.1, -0.05) is 60.1 Å². The van der Waals surface area contributed by atoms with Crippen molar-refractivity contribution >= 4 is 40.1 Å². The maximum absolute atomic E-state index is 14.9. The molecule has 0 radical (unpaired) electrons. The molecule has 1 aliphatic heterocycles. The number of aliphatic carboxylic acids is 1. The van der Waals surface area contributed by atoms with Crippen molar-refractivity contribution in [2.24, 2.45) is 5.10 Å². The second kappa shape index (κ2) is 10.1. The fourth-order valence-electron chi connectivity index (χ4n) is 4.81. The zero-order valence-corrected chi connectivity index (χ0v) is 20.7. The molecule has 1 aromatic heterocycles. The average Bonchev–Trinajstić information content (AvgIpc) is 3.32. The molecular weight excluding hydrogens is 493 g/mol. The summed E-state index contributed by atoms with van der Waals surface area (Å²) in [6, 6.07) is 20.8. The van der Waals surface area contributed by atoms with E-state index in [0.717, 1.165) is 33.3 Å². The third-order valence-electron chi connectivity index (χ3n) is 6.48. The number of aromatic nitrogens is 1. The number of halogens is 2. The van der Waals surface area contributed by atoms with Gasteiger partial charge in [-0.05, 0) is 36.8 Å². The van der Waals surface area contributed by atoms with E-state index in [2.05, 4.69) is 5.10 Å². The van der Waals surface area contributed by atoms with Crippen molar-refractivity contribution in [2.75, 3.05) is 0 Å². The Morgan fingerprint density at radius 1 is 1.00 bits per heavy atom. The molecule has 2 heterocycles. The van der Waals surface area contributed by atoms with Gasteiger partial charge in [-0.3, -0.25) is 14.6 Å². The molecule has 8 heteroatoms. The Morgan fingerprint density at radius 3 is 2.43 bits per heavy atom. The molecule has 4 aromatic rings. The van der Waals surface area contributed by atoms with Crippen LogP contribution in [0.25, 0.3) is 22.0 Å². The molecule has 0 saturated carbocycles. The molecule has 0 fully saturated rings. The monoisotopic (exact) mass is 515 g/mol. The first-order chi connectivity index (χ1) is 17.8. The third kappa shape index (κ3) is 4.82. The molecule has 0 unspecified atom stereocenters. The lowest BCUT2D eigenvalue weighted by molar-refractivity contribution is -0.141. The minimum Gasteiger partial charge on any atom is -0.481 e. The van der Waals surface area contributed by atoms with E-state index in [1.54, 1.807) is 18.2 Å². The number of nitrogens with zero attached hydrogens (tertiary/aromatic N) is 3. The fraction of sp³-hybridized carbons (Fsp3) is 0.172. The average molecular weight is 516 g/mol. The summed E-state index contributed by atoms with van der Waals surface area (Å²) in [6.07, 6.45) is -0.325. The number of carbonyl (C=O) groups is 2. The van der Waals surface area contributed by atoms with Crippen LogP contribution < -0.4 is 0 Å². The lowest BCUT2D eigenvalue weighted by Crippen LogP contribution is -2.28. The molecule has 3 aromatic carbocycles. The van der Waals surface area contributed by atoms with Gasteiger partial charge in [0.25, 0.3) is 0 Å². The first-order valence-electron chi connectivity index (χ1n) is 11.8. The number of para-hydroxylation sites is 1. The first-order valence-corrected chi connectivity index (χ1v) is 12.2. The molecule has 0 saturated heterocycles. The number of carboxylic acid groups (broad SMARTS) is 1. The molecule has 1 amide bonds. The number of carbonyl (C=O) groups excluding carboxylic acids is 1. The number of rotatable bonds is 6. The number of hydrazone groups is 1. The predicted molar refractivity (Wildman–Crippen MR) is 141 cm³/mol. The smallest absolute Gasteiger partial charge is 0.303 e. The highest BCUT2D eigenvalue weighted by Gasteiger charge is 2.36. The number of benzene rings is 3. The molecule has 1 N–H and O–H groups in total. The van der Waals surface area contributed by atoms with Crippen LogP contribution in [0.2, 0.25) is 5.02 Å². The van der Waals surface area contributed by atoms with Crippen molar-refractivity contribution in [3.63, 3.8) is 0 Å². The maximum atomic E-state index is 14.9. The summed E-state index contributed by atoms with van der Waals surface area (Å²) < 4.78 is 14.9. The molecule has 0 spiro atoms. The standard InChI is InChI=1S/C29H23ClFN3O3/c1-17-28(29(18-10-12-19(30)13-11-18)21-7-3-5-9-23(21)32-17)24-16-25(20-6-2-4-8-22(20)31)34(33-24)26(35)14-15-27(36)37/h2-13,25H,14-16H2,1H3,(H,36,37)/t25-/m1/s1. The Hall–Kier alpha value is -4.10. The summed E-state index contributed by atoms with van der Waals surface area (Å²) in [5.41, 5.74) is 4.99. The molecule has 37 heavy (non-hydrogen) atoms. The van der Waals surface area contributed by atoms with Gasteiger partial charge in [0.05, 0.1) is 23.7 Å². The van der Waals surface area contributed by atoms with E-state index >= 15 is 0 Å². The SMILES string of the molecule is Cc1nc2ccccc2c(-c2ccc(Cl)cc2)c1C1=NN(C(=O)CCC(=O)O)[C@@H](c2ccccc2F)C1. The molecule has 186 valence electrons. The Morgan fingerprint density at radius 2 is 1.70 bits per heavy atom. The Balaban J connectivity index is 1.69. The van der Waals surface area contributed by atoms with Gasteiger partial charge in [0.1, 0.15) is 5.82 Å². The number of carboxylic acids is 1. The number of pyridine rings is 1. The van der Waals surface area contributed by atoms with Crippen molar-refractivity contribution < 1.29 is 19.1 Å². The minimum atomic E-state index is -1.08. The molecule has 1 aliphatic rings. The maximum Gasteiger partial charge on any atom is 0.303 e. The second-order valence-electron chi connectivity index (χ2n) is 8.89. The normalized spacial score (nSPS) is 15.2. The fourth-order valence-corrected chi connectivity index (χ4v) is 4.94. The van der Waals surface area contributed by atoms with Crippen molar-refractivity contribution in [3.05, 3.63) is 100 Å². The van der Waals surface area contributed by atoms with Crippen molar-refractivity contribution in [3.8, 4) is 11.1 Å². The Labute approximate surface area is 218 Å². The van der Waals surface area contributed by atoms with Crippen LogP contribution >= 0.6 is 11.6 Å². The first kappa shape index (κ1) is 24.6. The summed E-state index contributed by atoms with van der Waals surface area (Å²) in [7, 11) is 0. The van der Waals surface area contributed by atoms with E-state index in [-0.39, 0.29) is 19.3 Å². The van der Waals surface area contributed by atoms with Gasteiger partial charge >= 0.3 is 5.97 Å². The highest BCUT2D eigenvalue weighted by Crippen LogP contribution is 2.40. The summed E-state index contributed by atoms with van der Waals surface area (Å²) in [4.78, 5) is 29.0. The van der Waals surface area contributed by atoms with Crippen LogP contribution in [0.5, 0.6) is 0 Å². The largest absolute Gasteiger partial charge is 0.481 e. The number of aryl methyl sites for hydroxylation is 1. The molecule has 0 bridgehead atoms. The summed E-state index contributed by atoms with van der Waals surface area (Å²) in [5.74, 6) is -2.02. The number of fused-ring (bicyclic) bond motifs is 1. The minimum absolute atomic E-state index is 0.240. The Kier molecular flexibility index (Phi) is 6.72. The topological polar surface area (TPSA) is 82.9 Å². The van der Waals surface area contributed by atoms with Crippen LogP contribution in [0.3, 0.4) is 0 Å². The molecule has 5 rings (SSSR count). The summed E-state index contributed by atoms with van der Waals surface area (Å²) >= 11 is 6.17. The Bertz CT molecular complexity index is 1550. The van der Waals surface area contributed by atoms with E-state index in [4.69, 9.17) is 21.7 Å². The van der Waals surface area contributed by atoms with Gasteiger partial charge in [0.2, 0.25) is 5.91 Å². The lowest BCUT2D eigenvalue weighted by atomic mass is 9.89. The van der Waals surface area contributed by atoms with Gasteiger partial charge in [-0.2, -0.15) is 5.10 Å². The van der Waals surface area contributed by atoms with Crippen LogP contribution in [-0.4, -0.2) is 32.7 Å². The molecule has 0 aliphatic carbocycles. The van der Waals surface area contributed by atoms with Gasteiger partial charge in [-0.25, -0.2) is 9.40 Å². The van der Waals surface area contributed by atoms with Crippen LogP contribution in [0.1, 0.15) is 42.1 Å². The quantitative estimate of drug-likeness (QED) is 0.316. The highest BCUT2D eigenvalue weighted by molar-refractivity contribution is 6.30. The third-order valence-corrected chi connectivity index (χ3v) is 6.73. The summed E-state index contributed by atoms with van der Waals surface area (Å²) in [6.45, 7) is 1.89. The zero-order valence-electron chi connectivity index (χ0n) is 20.0. The molecule has 6 nitrogen and oxygen atoms in total. The van der Waals surface area contributed by atoms with Gasteiger partial charge in [0, 0.05) is 45.6 Å². The number of amides is 1. The van der Waals surface area contributed by atoms with E-state index in [0.29, 0.717) is 16.3 Å². The molecule has 1 atom stereocenters. The lowest BCUT2D eigenvalue weighted by Gasteiger charge is -2.22. The zero-order chi connectivity index (χ0) is 26.1. The molecular formula is C29H23ClFN3O3. The van der Waals surface area contributed by atoms with Gasteiger partial charge < -0.3 is 5.11 Å². The summed E-state index contributed by atoms with van der Waals surface area (Å²) in [5, 5.41) is 16.5. The van der Waals surface area contributed by atoms with Crippen molar-refractivity contribution in [1.82, 2.24) is 9.99 Å². The van der Waals surface area contributed by atoms with E-state index in [1.807, 2.05) is 55.5 Å². The van der Waals surface area contributed by atoms with E-state index in [1.165, 1.54) is 11.1 Å². The van der Waals surface area contributed by atoms with Crippen molar-refractivity contribution in [1.29, 1.82) is 0 Å². The van der Waals surface area contributed by atoms with Crippen LogP contribution in [0, 0.1) is 12.7 Å². The van der Waals surface area contributed by atoms with E-state index < -0.39 is 23.7 Å². The number of hydrogen-bond acceptors (Lipinski definition) is 4. The predicted octanol–water partition coefficient (Wildman–Crippen LogP) is 6.55. The van der Waals surface area contributed by atoms with Gasteiger partial charge in [-0.15, -0.1) is 0 Å². The second-order valence-corrected chi connectivity index (χ2v) is 9.33.